The summed E-state index contributed by atoms with van der Waals surface area (Å²) in [4.78, 5) is 20.6. The van der Waals surface area contributed by atoms with Gasteiger partial charge in [-0.3, -0.25) is 9.52 Å². The van der Waals surface area contributed by atoms with Crippen molar-refractivity contribution in [3.8, 4) is 11.4 Å². The van der Waals surface area contributed by atoms with Crippen molar-refractivity contribution < 1.29 is 17.6 Å². The van der Waals surface area contributed by atoms with Crippen LogP contribution in [0.3, 0.4) is 0 Å². The Morgan fingerprint density at radius 3 is 2.50 bits per heavy atom. The van der Waals surface area contributed by atoms with Crippen LogP contribution in [0, 0.1) is 19.7 Å². The molecule has 0 unspecified atom stereocenters. The molecular weight excluding hydrogens is 507 g/mol. The van der Waals surface area contributed by atoms with E-state index < -0.39 is 15.8 Å². The number of nitrogens with zero attached hydrogens (tertiary/aromatic N) is 5. The van der Waals surface area contributed by atoms with Crippen molar-refractivity contribution in [1.82, 2.24) is 24.8 Å². The van der Waals surface area contributed by atoms with Crippen molar-refractivity contribution in [3.05, 3.63) is 71.9 Å². The summed E-state index contributed by atoms with van der Waals surface area (Å²) in [5.41, 5.74) is 1.22. The minimum absolute atomic E-state index is 0.000648. The molecule has 2 aromatic carbocycles. The van der Waals surface area contributed by atoms with E-state index in [0.29, 0.717) is 17.2 Å². The molecule has 2 heterocycles. The lowest BCUT2D eigenvalue weighted by atomic mass is 10.2. The molecule has 0 saturated heterocycles. The van der Waals surface area contributed by atoms with E-state index in [1.165, 1.54) is 42.5 Å². The number of amides is 1. The number of aromatic nitrogens is 5. The first kappa shape index (κ1) is 25.1. The fourth-order valence-corrected chi connectivity index (χ4v) is 4.86. The van der Waals surface area contributed by atoms with Crippen molar-refractivity contribution in [3.63, 3.8) is 0 Å². The van der Waals surface area contributed by atoms with Crippen LogP contribution >= 0.6 is 11.8 Å². The number of carbonyl (C=O) groups is 1. The third kappa shape index (κ3) is 5.78. The smallest absolute Gasteiger partial charge is 0.263 e. The summed E-state index contributed by atoms with van der Waals surface area (Å²) in [6.45, 7) is 3.40. The standard InChI is InChI=1S/C22H21FN8O3S2/c1-13-11-19(26-14(2)25-13)30-36(33,34)16-9-7-15(8-10-16)27-20(32)12-35-22-29-28-21(31(22)24)17-5-3-4-6-18(17)23/h3-11H,12,24H2,1-2H3,(H,27,32)(H,25,26,30). The number of carbonyl (C=O) groups excluding carboxylic acids is 1. The number of benzene rings is 2. The molecule has 0 aliphatic heterocycles. The van der Waals surface area contributed by atoms with E-state index in [-0.39, 0.29) is 38.9 Å². The average Bonchev–Trinajstić information content (AvgIpc) is 3.17. The van der Waals surface area contributed by atoms with Gasteiger partial charge in [0.05, 0.1) is 16.2 Å². The summed E-state index contributed by atoms with van der Waals surface area (Å²) in [6.07, 6.45) is 0. The number of nitrogens with one attached hydrogen (secondary N) is 2. The predicted octanol–water partition coefficient (Wildman–Crippen LogP) is 2.74. The first-order chi connectivity index (χ1) is 17.1. The van der Waals surface area contributed by atoms with Gasteiger partial charge in [0.15, 0.2) is 5.82 Å². The minimum atomic E-state index is -3.88. The molecule has 11 nitrogen and oxygen atoms in total. The van der Waals surface area contributed by atoms with Gasteiger partial charge in [-0.05, 0) is 50.2 Å². The second-order valence-electron chi connectivity index (χ2n) is 7.56. The van der Waals surface area contributed by atoms with Crippen LogP contribution in [0.1, 0.15) is 11.5 Å². The highest BCUT2D eigenvalue weighted by Gasteiger charge is 2.18. The number of anilines is 2. The molecule has 4 rings (SSSR count). The molecular formula is C22H21FN8O3S2. The number of halogens is 1. The average molecular weight is 529 g/mol. The number of aryl methyl sites for hydroxylation is 2. The Morgan fingerprint density at radius 1 is 1.08 bits per heavy atom. The van der Waals surface area contributed by atoms with Gasteiger partial charge in [0, 0.05) is 17.4 Å². The number of nitrogen functional groups attached to an aromatic ring is 1. The van der Waals surface area contributed by atoms with Crippen molar-refractivity contribution in [2.75, 3.05) is 21.6 Å². The maximum atomic E-state index is 14.0. The quantitative estimate of drug-likeness (QED) is 0.231. The Hall–Kier alpha value is -4.04. The van der Waals surface area contributed by atoms with Crippen LogP contribution in [0.4, 0.5) is 15.9 Å². The van der Waals surface area contributed by atoms with E-state index in [9.17, 15) is 17.6 Å². The van der Waals surface area contributed by atoms with Crippen LogP contribution in [-0.4, -0.2) is 44.9 Å². The van der Waals surface area contributed by atoms with Gasteiger partial charge in [-0.25, -0.2) is 27.5 Å². The Kier molecular flexibility index (Phi) is 7.17. The highest BCUT2D eigenvalue weighted by Crippen LogP contribution is 2.24. The second-order valence-corrected chi connectivity index (χ2v) is 10.2. The summed E-state index contributed by atoms with van der Waals surface area (Å²) in [6, 6.07) is 13.2. The molecule has 14 heteroatoms. The Bertz CT molecular complexity index is 1500. The normalized spacial score (nSPS) is 11.3. The lowest BCUT2D eigenvalue weighted by Crippen LogP contribution is -2.17. The molecule has 0 aliphatic carbocycles. The lowest BCUT2D eigenvalue weighted by molar-refractivity contribution is -0.113. The van der Waals surface area contributed by atoms with Gasteiger partial charge in [-0.15, -0.1) is 10.2 Å². The van der Waals surface area contributed by atoms with Crippen LogP contribution < -0.4 is 15.9 Å². The molecule has 0 fully saturated rings. The molecule has 4 N–H and O–H groups in total. The van der Waals surface area contributed by atoms with E-state index >= 15 is 0 Å². The van der Waals surface area contributed by atoms with Crippen LogP contribution in [0.5, 0.6) is 0 Å². The van der Waals surface area contributed by atoms with Gasteiger partial charge in [0.2, 0.25) is 11.1 Å². The topological polar surface area (TPSA) is 158 Å². The first-order valence-corrected chi connectivity index (χ1v) is 12.9. The fraction of sp³-hybridized carbons (Fsp3) is 0.136. The number of nitrogens with two attached hydrogens (primary N) is 1. The molecule has 0 radical (unpaired) electrons. The van der Waals surface area contributed by atoms with E-state index in [2.05, 4.69) is 30.2 Å². The summed E-state index contributed by atoms with van der Waals surface area (Å²) in [5.74, 6) is 5.79. The summed E-state index contributed by atoms with van der Waals surface area (Å²) >= 11 is 1.02. The molecule has 0 saturated carbocycles. The highest BCUT2D eigenvalue weighted by atomic mass is 32.2. The molecule has 0 bridgehead atoms. The third-order valence-corrected chi connectivity index (χ3v) is 7.08. The molecule has 0 aliphatic rings. The highest BCUT2D eigenvalue weighted by molar-refractivity contribution is 7.99. The van der Waals surface area contributed by atoms with Crippen molar-refractivity contribution in [2.24, 2.45) is 0 Å². The molecule has 0 atom stereocenters. The fourth-order valence-electron chi connectivity index (χ4n) is 3.21. The van der Waals surface area contributed by atoms with Crippen molar-refractivity contribution >= 4 is 39.2 Å². The van der Waals surface area contributed by atoms with E-state index in [0.717, 1.165) is 16.4 Å². The van der Waals surface area contributed by atoms with Crippen LogP contribution in [-0.2, 0) is 14.8 Å². The number of hydrogen-bond acceptors (Lipinski definition) is 9. The minimum Gasteiger partial charge on any atom is -0.335 e. The Morgan fingerprint density at radius 2 is 1.81 bits per heavy atom. The van der Waals surface area contributed by atoms with E-state index in [1.807, 2.05) is 0 Å². The monoisotopic (exact) mass is 528 g/mol. The molecule has 1 amide bonds. The molecule has 186 valence electrons. The zero-order chi connectivity index (χ0) is 25.9. The van der Waals surface area contributed by atoms with Gasteiger partial charge in [-0.2, -0.15) is 0 Å². The SMILES string of the molecule is Cc1cc(NS(=O)(=O)c2ccc(NC(=O)CSc3nnc(-c4ccccc4F)n3N)cc2)nc(C)n1. The number of sulfonamides is 1. The first-order valence-electron chi connectivity index (χ1n) is 10.5. The van der Waals surface area contributed by atoms with Crippen molar-refractivity contribution in [1.29, 1.82) is 0 Å². The Balaban J connectivity index is 1.36. The third-order valence-electron chi connectivity index (χ3n) is 4.76. The largest absolute Gasteiger partial charge is 0.335 e. The maximum Gasteiger partial charge on any atom is 0.263 e. The van der Waals surface area contributed by atoms with Crippen LogP contribution in [0.25, 0.3) is 11.4 Å². The van der Waals surface area contributed by atoms with Gasteiger partial charge < -0.3 is 11.2 Å². The second kappa shape index (κ2) is 10.3. The molecule has 36 heavy (non-hydrogen) atoms. The van der Waals surface area contributed by atoms with Gasteiger partial charge >= 0.3 is 0 Å². The lowest BCUT2D eigenvalue weighted by Gasteiger charge is -2.10. The zero-order valence-corrected chi connectivity index (χ0v) is 20.8. The summed E-state index contributed by atoms with van der Waals surface area (Å²) in [5, 5.41) is 10.7. The zero-order valence-electron chi connectivity index (χ0n) is 19.1. The number of rotatable bonds is 8. The van der Waals surface area contributed by atoms with Gasteiger partial charge in [-0.1, -0.05) is 23.9 Å². The summed E-state index contributed by atoms with van der Waals surface area (Å²) in [7, 11) is -3.88. The van der Waals surface area contributed by atoms with Crippen LogP contribution in [0.15, 0.2) is 64.6 Å². The predicted molar refractivity (Wildman–Crippen MR) is 134 cm³/mol. The summed E-state index contributed by atoms with van der Waals surface area (Å²) < 4.78 is 42.9. The molecule has 2 aromatic heterocycles. The van der Waals surface area contributed by atoms with E-state index in [4.69, 9.17) is 5.84 Å². The maximum absolute atomic E-state index is 14.0. The van der Waals surface area contributed by atoms with Crippen molar-refractivity contribution in [2.45, 2.75) is 23.9 Å². The molecule has 4 aromatic rings. The van der Waals surface area contributed by atoms with Gasteiger partial charge in [0.1, 0.15) is 17.5 Å². The number of hydrogen-bond donors (Lipinski definition) is 3. The number of thioether (sulfide) groups is 1. The van der Waals surface area contributed by atoms with Gasteiger partial charge in [0.25, 0.3) is 10.0 Å². The van der Waals surface area contributed by atoms with E-state index in [1.54, 1.807) is 26.0 Å². The molecule has 0 spiro atoms. The van der Waals surface area contributed by atoms with Crippen LogP contribution in [0.2, 0.25) is 0 Å². The Labute approximate surface area is 210 Å².